The fourth-order valence-electron chi connectivity index (χ4n) is 4.98. The van der Waals surface area contributed by atoms with E-state index in [4.69, 9.17) is 14.2 Å². The molecule has 0 bridgehead atoms. The van der Waals surface area contributed by atoms with Gasteiger partial charge in [-0.3, -0.25) is 0 Å². The Labute approximate surface area is 238 Å². The normalized spacial score (nSPS) is 25.2. The Morgan fingerprint density at radius 2 is 1.03 bits per heavy atom. The lowest BCUT2D eigenvalue weighted by Crippen LogP contribution is -2.54. The van der Waals surface area contributed by atoms with E-state index < -0.39 is 0 Å². The molecule has 1 fully saturated rings. The van der Waals surface area contributed by atoms with Crippen molar-refractivity contribution in [1.29, 1.82) is 0 Å². The van der Waals surface area contributed by atoms with Gasteiger partial charge in [0.2, 0.25) is 0 Å². The molecular formula is C30H60O3S3. The number of unbranched alkanes of at least 4 members (excludes halogenated alkanes) is 1. The van der Waals surface area contributed by atoms with Gasteiger partial charge in [0.1, 0.15) is 0 Å². The van der Waals surface area contributed by atoms with Crippen LogP contribution in [-0.4, -0.2) is 63.7 Å². The summed E-state index contributed by atoms with van der Waals surface area (Å²) in [5.41, 5.74) is 0. The van der Waals surface area contributed by atoms with Crippen LogP contribution in [0.1, 0.15) is 114 Å². The van der Waals surface area contributed by atoms with Gasteiger partial charge in [-0.15, -0.1) is 0 Å². The van der Waals surface area contributed by atoms with E-state index in [0.29, 0.717) is 27.6 Å². The highest BCUT2D eigenvalue weighted by Gasteiger charge is 2.46. The number of rotatable bonds is 20. The molecule has 1 saturated heterocycles. The number of ether oxygens (including phenoxy) is 3. The van der Waals surface area contributed by atoms with E-state index in [1.807, 2.05) is 0 Å². The molecule has 0 aliphatic carbocycles. The maximum absolute atomic E-state index is 6.84. The van der Waals surface area contributed by atoms with E-state index in [2.05, 4.69) is 105 Å². The van der Waals surface area contributed by atoms with Crippen molar-refractivity contribution < 1.29 is 14.2 Å². The van der Waals surface area contributed by atoms with Crippen LogP contribution in [0.5, 0.6) is 0 Å². The smallest absolute Gasteiger partial charge is 0.161 e. The Kier molecular flexibility index (Phi) is 19.3. The lowest BCUT2D eigenvalue weighted by Gasteiger charge is -2.48. The summed E-state index contributed by atoms with van der Waals surface area (Å²) in [6.45, 7) is 22.5. The van der Waals surface area contributed by atoms with E-state index in [1.54, 1.807) is 0 Å². The third kappa shape index (κ3) is 15.5. The lowest BCUT2D eigenvalue weighted by atomic mass is 9.76. The zero-order valence-electron chi connectivity index (χ0n) is 25.3. The first kappa shape index (κ1) is 35.0. The Morgan fingerprint density at radius 1 is 0.556 bits per heavy atom. The van der Waals surface area contributed by atoms with Crippen LogP contribution in [0.25, 0.3) is 0 Å². The highest BCUT2D eigenvalue weighted by Crippen LogP contribution is 2.42. The average molecular weight is 565 g/mol. The van der Waals surface area contributed by atoms with Crippen LogP contribution < -0.4 is 0 Å². The summed E-state index contributed by atoms with van der Waals surface area (Å²) in [5, 5.41) is 2.09. The van der Waals surface area contributed by atoms with Crippen molar-refractivity contribution in [3.05, 3.63) is 0 Å². The Hall–Kier alpha value is 0.930. The van der Waals surface area contributed by atoms with Gasteiger partial charge in [-0.25, -0.2) is 0 Å². The molecule has 1 aliphatic rings. The molecule has 0 saturated carbocycles. The topological polar surface area (TPSA) is 27.7 Å². The van der Waals surface area contributed by atoms with Crippen LogP contribution >= 0.6 is 35.3 Å². The van der Waals surface area contributed by atoms with Gasteiger partial charge in [-0.2, -0.15) is 35.3 Å². The first-order chi connectivity index (χ1) is 17.0. The minimum atomic E-state index is -0.112. The predicted molar refractivity (Wildman–Crippen MR) is 167 cm³/mol. The quantitative estimate of drug-likeness (QED) is 0.137. The first-order valence-corrected chi connectivity index (χ1v) is 18.0. The van der Waals surface area contributed by atoms with Crippen molar-refractivity contribution in [2.45, 2.75) is 161 Å². The molecule has 0 aromatic carbocycles. The van der Waals surface area contributed by atoms with Crippen LogP contribution in [0.4, 0.5) is 0 Å². The molecule has 216 valence electrons. The number of thioether (sulfide) groups is 3. The predicted octanol–water partition coefficient (Wildman–Crippen LogP) is 9.32. The molecule has 1 heterocycles. The molecule has 0 aromatic rings. The summed E-state index contributed by atoms with van der Waals surface area (Å²) < 4.78 is 20.1. The maximum Gasteiger partial charge on any atom is 0.161 e. The summed E-state index contributed by atoms with van der Waals surface area (Å²) in [6, 6.07) is 0. The number of hydrogen-bond acceptors (Lipinski definition) is 6. The van der Waals surface area contributed by atoms with Crippen LogP contribution in [0.2, 0.25) is 0 Å². The Morgan fingerprint density at radius 3 is 1.50 bits per heavy atom. The van der Waals surface area contributed by atoms with Gasteiger partial charge in [-0.05, 0) is 112 Å². The molecule has 0 amide bonds. The van der Waals surface area contributed by atoms with Crippen molar-refractivity contribution in [2.75, 3.05) is 17.3 Å². The van der Waals surface area contributed by atoms with Gasteiger partial charge in [0.25, 0.3) is 0 Å². The fourth-order valence-corrected chi connectivity index (χ4v) is 7.43. The molecule has 36 heavy (non-hydrogen) atoms. The average Bonchev–Trinajstić information content (AvgIpc) is 2.75. The zero-order valence-corrected chi connectivity index (χ0v) is 27.7. The second-order valence-electron chi connectivity index (χ2n) is 11.7. The molecule has 1 rings (SSSR count). The van der Waals surface area contributed by atoms with E-state index >= 15 is 0 Å². The zero-order chi connectivity index (χ0) is 27.1. The van der Waals surface area contributed by atoms with E-state index in [0.717, 1.165) is 12.8 Å². The van der Waals surface area contributed by atoms with Gasteiger partial charge in [0.15, 0.2) is 6.29 Å². The minimum absolute atomic E-state index is 0.112. The summed E-state index contributed by atoms with van der Waals surface area (Å²) >= 11 is 6.23. The van der Waals surface area contributed by atoms with Gasteiger partial charge >= 0.3 is 0 Å². The maximum atomic E-state index is 6.84. The molecule has 6 heteroatoms. The summed E-state index contributed by atoms with van der Waals surface area (Å²) in [5.74, 6) is 4.58. The Balaban J connectivity index is 3.05. The molecular weight excluding hydrogens is 505 g/mol. The minimum Gasteiger partial charge on any atom is -0.373 e. The number of hydrogen-bond donors (Lipinski definition) is 0. The fraction of sp³-hybridized carbons (Fsp3) is 1.00. The van der Waals surface area contributed by atoms with E-state index in [-0.39, 0.29) is 30.7 Å². The Bertz CT molecular complexity index is 528. The van der Waals surface area contributed by atoms with Crippen LogP contribution in [0.3, 0.4) is 0 Å². The third-order valence-electron chi connectivity index (χ3n) is 6.43. The molecule has 0 radical (unpaired) electrons. The summed E-state index contributed by atoms with van der Waals surface area (Å²) in [6.07, 6.45) is 8.92. The molecule has 0 N–H and O–H groups in total. The van der Waals surface area contributed by atoms with Crippen molar-refractivity contribution in [3.63, 3.8) is 0 Å². The van der Waals surface area contributed by atoms with Gasteiger partial charge < -0.3 is 14.2 Å². The second-order valence-corrected chi connectivity index (χ2v) is 16.8. The van der Waals surface area contributed by atoms with E-state index in [1.165, 1.54) is 49.4 Å². The first-order valence-electron chi connectivity index (χ1n) is 14.8. The second kappa shape index (κ2) is 19.9. The van der Waals surface area contributed by atoms with E-state index in [9.17, 15) is 0 Å². The molecule has 0 aromatic heterocycles. The van der Waals surface area contributed by atoms with Gasteiger partial charge in [0.05, 0.1) is 24.4 Å². The SMILES string of the molecule is CC(C)O[C@H]1OC(CCCCSC(C)C)[C@@H](OC(C)C)[C@H](CCCSC(C)C)C1CCCSC(C)C. The lowest BCUT2D eigenvalue weighted by molar-refractivity contribution is -0.292. The summed E-state index contributed by atoms with van der Waals surface area (Å²) in [7, 11) is 0. The summed E-state index contributed by atoms with van der Waals surface area (Å²) in [4.78, 5) is 0. The van der Waals surface area contributed by atoms with Crippen molar-refractivity contribution in [1.82, 2.24) is 0 Å². The van der Waals surface area contributed by atoms with Gasteiger partial charge in [0, 0.05) is 5.92 Å². The molecule has 2 unspecified atom stereocenters. The standard InChI is InChI=1S/C30H60O3S3/c1-21(2)31-29-26(15-13-19-35-24(7)8)27(16-14-20-36-25(9)10)30(32-22(3)4)33-28(29)17-11-12-18-34-23(5)6/h21-30H,11-20H2,1-10H3/t26-,27?,28?,29+,30+/m1/s1. The third-order valence-corrected chi connectivity index (χ3v) is 10.0. The van der Waals surface area contributed by atoms with Crippen molar-refractivity contribution in [3.8, 4) is 0 Å². The van der Waals surface area contributed by atoms with Crippen LogP contribution in [0.15, 0.2) is 0 Å². The molecule has 5 atom stereocenters. The van der Waals surface area contributed by atoms with Crippen molar-refractivity contribution in [2.24, 2.45) is 11.8 Å². The largest absolute Gasteiger partial charge is 0.373 e. The molecule has 1 aliphatic heterocycles. The van der Waals surface area contributed by atoms with Crippen molar-refractivity contribution >= 4 is 35.3 Å². The van der Waals surface area contributed by atoms with Gasteiger partial charge in [-0.1, -0.05) is 41.5 Å². The molecule has 0 spiro atoms. The highest BCUT2D eigenvalue weighted by atomic mass is 32.2. The van der Waals surface area contributed by atoms with Crippen LogP contribution in [-0.2, 0) is 14.2 Å². The van der Waals surface area contributed by atoms with Crippen LogP contribution in [0, 0.1) is 11.8 Å². The monoisotopic (exact) mass is 564 g/mol. The molecule has 3 nitrogen and oxygen atoms in total. The highest BCUT2D eigenvalue weighted by molar-refractivity contribution is 8.00.